The van der Waals surface area contributed by atoms with Crippen LogP contribution in [0.3, 0.4) is 0 Å². The summed E-state index contributed by atoms with van der Waals surface area (Å²) in [5.41, 5.74) is 0. The fraction of sp³-hybridized carbons (Fsp3) is 0.455. The summed E-state index contributed by atoms with van der Waals surface area (Å²) < 4.78 is 4.83. The first kappa shape index (κ1) is 12.6. The van der Waals surface area contributed by atoms with Gasteiger partial charge in [0.15, 0.2) is 6.39 Å². The Morgan fingerprint density at radius 2 is 2.35 bits per heavy atom. The lowest BCUT2D eigenvalue weighted by Crippen LogP contribution is -2.50. The van der Waals surface area contributed by atoms with Crippen LogP contribution in [0.2, 0.25) is 0 Å². The van der Waals surface area contributed by atoms with E-state index in [0.717, 1.165) is 6.39 Å². The van der Waals surface area contributed by atoms with Crippen molar-refractivity contribution in [2.24, 2.45) is 0 Å². The summed E-state index contributed by atoms with van der Waals surface area (Å²) in [5.74, 6) is -0.671. The topological polar surface area (TPSA) is 123 Å². The molecule has 0 aromatic carbocycles. The van der Waals surface area contributed by atoms with Crippen molar-refractivity contribution in [1.29, 1.82) is 5.41 Å². The molecule has 0 radical (unpaired) electrons. The third-order valence-corrected chi connectivity index (χ3v) is 3.58. The molecule has 1 aromatic heterocycles. The standard InChI is InChI=1S/C11H13N5O4/c12-9(14-10(17)8-3-13-5-20-8)7-2-1-6-4-15(7)11(18)16(6)19/h3,5-7,19H,1-2,4H2,(H2,12,14,17)/t6-,7+/m1/s1. The maximum Gasteiger partial charge on any atom is 0.344 e. The van der Waals surface area contributed by atoms with Gasteiger partial charge in [0.05, 0.1) is 18.3 Å². The number of urea groups is 1. The minimum Gasteiger partial charge on any atom is -0.438 e. The van der Waals surface area contributed by atoms with E-state index in [9.17, 15) is 14.8 Å². The second-order valence-corrected chi connectivity index (χ2v) is 4.76. The van der Waals surface area contributed by atoms with Crippen LogP contribution in [-0.4, -0.2) is 56.6 Å². The van der Waals surface area contributed by atoms with Gasteiger partial charge in [-0.15, -0.1) is 0 Å². The van der Waals surface area contributed by atoms with Gasteiger partial charge in [0.2, 0.25) is 5.76 Å². The van der Waals surface area contributed by atoms with E-state index in [-0.39, 0.29) is 17.6 Å². The number of amidine groups is 1. The molecule has 2 aliphatic rings. The van der Waals surface area contributed by atoms with E-state index >= 15 is 0 Å². The number of aromatic nitrogens is 1. The van der Waals surface area contributed by atoms with E-state index in [0.29, 0.717) is 24.4 Å². The fourth-order valence-electron chi connectivity index (χ4n) is 2.55. The SMILES string of the molecule is N=C(NC(=O)c1cnco1)[C@@H]1CC[C@@H]2CN1C(=O)N2O. The van der Waals surface area contributed by atoms with E-state index in [1.807, 2.05) is 0 Å². The van der Waals surface area contributed by atoms with Gasteiger partial charge in [0.1, 0.15) is 5.84 Å². The molecule has 3 rings (SSSR count). The zero-order chi connectivity index (χ0) is 14.3. The van der Waals surface area contributed by atoms with E-state index in [4.69, 9.17) is 9.83 Å². The summed E-state index contributed by atoms with van der Waals surface area (Å²) >= 11 is 0. The number of piperidine rings is 1. The van der Waals surface area contributed by atoms with E-state index in [1.165, 1.54) is 11.1 Å². The molecule has 2 fully saturated rings. The summed E-state index contributed by atoms with van der Waals surface area (Å²) in [4.78, 5) is 28.5. The van der Waals surface area contributed by atoms with Crippen LogP contribution >= 0.6 is 0 Å². The summed E-state index contributed by atoms with van der Waals surface area (Å²) in [5, 5.41) is 20.6. The minimum atomic E-state index is -0.581. The van der Waals surface area contributed by atoms with Crippen LogP contribution in [0.5, 0.6) is 0 Å². The largest absolute Gasteiger partial charge is 0.438 e. The molecule has 20 heavy (non-hydrogen) atoms. The molecule has 0 saturated carbocycles. The predicted molar refractivity (Wildman–Crippen MR) is 64.2 cm³/mol. The number of hydrogen-bond acceptors (Lipinski definition) is 6. The van der Waals surface area contributed by atoms with Gasteiger partial charge in [-0.05, 0) is 12.8 Å². The van der Waals surface area contributed by atoms with Crippen LogP contribution in [0.4, 0.5) is 4.79 Å². The average molecular weight is 279 g/mol. The first-order chi connectivity index (χ1) is 9.58. The molecular formula is C11H13N5O4. The molecule has 9 nitrogen and oxygen atoms in total. The average Bonchev–Trinajstić information content (AvgIpc) is 3.04. The zero-order valence-corrected chi connectivity index (χ0v) is 10.4. The molecule has 2 bridgehead atoms. The number of hydrogen-bond donors (Lipinski definition) is 3. The van der Waals surface area contributed by atoms with Gasteiger partial charge < -0.3 is 14.6 Å². The smallest absolute Gasteiger partial charge is 0.344 e. The van der Waals surface area contributed by atoms with Crippen LogP contribution in [-0.2, 0) is 0 Å². The molecule has 0 spiro atoms. The number of hydroxylamine groups is 2. The first-order valence-corrected chi connectivity index (χ1v) is 6.15. The van der Waals surface area contributed by atoms with Crippen LogP contribution in [0.25, 0.3) is 0 Å². The van der Waals surface area contributed by atoms with Crippen LogP contribution in [0.1, 0.15) is 23.4 Å². The quantitative estimate of drug-likeness (QED) is 0.400. The van der Waals surface area contributed by atoms with Crippen molar-refractivity contribution in [3.8, 4) is 0 Å². The Balaban J connectivity index is 1.69. The molecule has 0 unspecified atom stereocenters. The molecule has 1 aromatic rings. The number of nitrogens with zero attached hydrogens (tertiary/aromatic N) is 3. The minimum absolute atomic E-state index is 0.0000286. The Hall–Kier alpha value is -2.42. The molecule has 2 aliphatic heterocycles. The summed E-state index contributed by atoms with van der Waals surface area (Å²) in [6.45, 7) is 0.362. The van der Waals surface area contributed by atoms with Gasteiger partial charge in [-0.1, -0.05) is 0 Å². The molecule has 106 valence electrons. The Morgan fingerprint density at radius 3 is 3.05 bits per heavy atom. The maximum absolute atomic E-state index is 11.8. The number of oxazole rings is 1. The highest BCUT2D eigenvalue weighted by atomic mass is 16.5. The van der Waals surface area contributed by atoms with Crippen molar-refractivity contribution < 1.29 is 19.2 Å². The molecule has 3 amide bonds. The highest BCUT2D eigenvalue weighted by Crippen LogP contribution is 2.28. The third-order valence-electron chi connectivity index (χ3n) is 3.58. The number of carbonyl (C=O) groups is 2. The number of carbonyl (C=O) groups excluding carboxylic acids is 2. The maximum atomic E-state index is 11.8. The Kier molecular flexibility index (Phi) is 2.90. The Morgan fingerprint density at radius 1 is 1.55 bits per heavy atom. The molecule has 0 aliphatic carbocycles. The van der Waals surface area contributed by atoms with Gasteiger partial charge in [-0.25, -0.2) is 14.8 Å². The van der Waals surface area contributed by atoms with Crippen molar-refractivity contribution in [3.05, 3.63) is 18.4 Å². The molecule has 3 heterocycles. The second kappa shape index (κ2) is 4.60. The van der Waals surface area contributed by atoms with Crippen LogP contribution in [0, 0.1) is 5.41 Å². The number of rotatable bonds is 2. The molecule has 2 atom stereocenters. The lowest BCUT2D eigenvalue weighted by molar-refractivity contribution is -0.0583. The van der Waals surface area contributed by atoms with Crippen molar-refractivity contribution >= 4 is 17.8 Å². The van der Waals surface area contributed by atoms with Crippen LogP contribution in [0.15, 0.2) is 17.0 Å². The zero-order valence-electron chi connectivity index (χ0n) is 10.4. The summed E-state index contributed by atoms with van der Waals surface area (Å²) in [6, 6.07) is -1.30. The second-order valence-electron chi connectivity index (χ2n) is 4.76. The highest BCUT2D eigenvalue weighted by Gasteiger charge is 2.45. The Labute approximate surface area is 113 Å². The lowest BCUT2D eigenvalue weighted by atomic mass is 10.00. The summed E-state index contributed by atoms with van der Waals surface area (Å²) in [7, 11) is 0. The lowest BCUT2D eigenvalue weighted by Gasteiger charge is -2.30. The first-order valence-electron chi connectivity index (χ1n) is 6.15. The molecule has 3 N–H and O–H groups in total. The van der Waals surface area contributed by atoms with Crippen molar-refractivity contribution in [3.63, 3.8) is 0 Å². The Bertz CT molecular complexity index is 557. The predicted octanol–water partition coefficient (Wildman–Crippen LogP) is 0.0395. The van der Waals surface area contributed by atoms with Gasteiger partial charge >= 0.3 is 6.03 Å². The van der Waals surface area contributed by atoms with Crippen molar-refractivity contribution in [2.45, 2.75) is 24.9 Å². The van der Waals surface area contributed by atoms with Gasteiger partial charge in [-0.2, -0.15) is 0 Å². The van der Waals surface area contributed by atoms with Gasteiger partial charge in [0, 0.05) is 6.54 Å². The normalized spacial score (nSPS) is 24.9. The number of fused-ring (bicyclic) bond motifs is 2. The van der Waals surface area contributed by atoms with E-state index in [1.54, 1.807) is 0 Å². The number of nitrogens with one attached hydrogen (secondary N) is 2. The van der Waals surface area contributed by atoms with Crippen molar-refractivity contribution in [2.75, 3.05) is 6.54 Å². The van der Waals surface area contributed by atoms with E-state index < -0.39 is 18.0 Å². The highest BCUT2D eigenvalue weighted by molar-refractivity contribution is 6.06. The summed E-state index contributed by atoms with van der Waals surface area (Å²) in [6.07, 6.45) is 3.47. The monoisotopic (exact) mass is 279 g/mol. The molecule has 2 saturated heterocycles. The van der Waals surface area contributed by atoms with Crippen LogP contribution < -0.4 is 5.32 Å². The van der Waals surface area contributed by atoms with Gasteiger partial charge in [-0.3, -0.25) is 15.4 Å². The molecule has 9 heteroatoms. The van der Waals surface area contributed by atoms with E-state index in [2.05, 4.69) is 10.3 Å². The molecular weight excluding hydrogens is 266 g/mol. The fourth-order valence-corrected chi connectivity index (χ4v) is 2.55. The number of amides is 3. The van der Waals surface area contributed by atoms with Crippen molar-refractivity contribution in [1.82, 2.24) is 20.3 Å². The third kappa shape index (κ3) is 1.92. The van der Waals surface area contributed by atoms with Gasteiger partial charge in [0.25, 0.3) is 5.91 Å².